The fourth-order valence-electron chi connectivity index (χ4n) is 4.76. The summed E-state index contributed by atoms with van der Waals surface area (Å²) in [5, 5.41) is 26.6. The molecule has 2 aromatic heterocycles. The SMILES string of the molecule is N#Cc1ccc2nc(C3(O)CCC(OCc4c(-c5c(Cl)cccc5Cl)noc4C4CC4)C3)sc2c1. The topological polar surface area (TPSA) is 92.2 Å². The number of halogens is 2. The zero-order chi connectivity index (χ0) is 24.2. The first kappa shape index (κ1) is 23.0. The van der Waals surface area contributed by atoms with Crippen molar-refractivity contribution < 1.29 is 14.4 Å². The van der Waals surface area contributed by atoms with Gasteiger partial charge in [0.05, 0.1) is 44.6 Å². The first-order chi connectivity index (χ1) is 16.9. The highest BCUT2D eigenvalue weighted by atomic mass is 35.5. The van der Waals surface area contributed by atoms with Crippen LogP contribution in [0.5, 0.6) is 0 Å². The molecule has 1 N–H and O–H groups in total. The summed E-state index contributed by atoms with van der Waals surface area (Å²) in [5.41, 5.74) is 2.48. The van der Waals surface area contributed by atoms with Crippen LogP contribution in [0, 0.1) is 11.3 Å². The Bertz CT molecular complexity index is 1450. The highest BCUT2D eigenvalue weighted by Gasteiger charge is 2.42. The molecule has 2 atom stereocenters. The molecule has 0 radical (unpaired) electrons. The molecule has 178 valence electrons. The third kappa shape index (κ3) is 4.24. The summed E-state index contributed by atoms with van der Waals surface area (Å²) in [6.45, 7) is 0.304. The van der Waals surface area contributed by atoms with E-state index >= 15 is 0 Å². The first-order valence-corrected chi connectivity index (χ1v) is 13.1. The maximum Gasteiger partial charge on any atom is 0.145 e. The van der Waals surface area contributed by atoms with Gasteiger partial charge in [-0.3, -0.25) is 0 Å². The van der Waals surface area contributed by atoms with E-state index in [9.17, 15) is 5.11 Å². The van der Waals surface area contributed by atoms with Crippen LogP contribution in [-0.2, 0) is 16.9 Å². The highest BCUT2D eigenvalue weighted by Crippen LogP contribution is 2.47. The summed E-state index contributed by atoms with van der Waals surface area (Å²) >= 11 is 14.4. The van der Waals surface area contributed by atoms with Crippen LogP contribution in [0.15, 0.2) is 40.9 Å². The molecule has 2 heterocycles. The lowest BCUT2D eigenvalue weighted by atomic mass is 10.0. The Kier molecular flexibility index (Phi) is 5.82. The van der Waals surface area contributed by atoms with Crippen molar-refractivity contribution in [2.75, 3.05) is 0 Å². The van der Waals surface area contributed by atoms with Crippen molar-refractivity contribution in [2.24, 2.45) is 0 Å². The molecule has 0 aliphatic heterocycles. The molecular formula is C26H21Cl2N3O3S. The van der Waals surface area contributed by atoms with Crippen LogP contribution < -0.4 is 0 Å². The highest BCUT2D eigenvalue weighted by molar-refractivity contribution is 7.18. The van der Waals surface area contributed by atoms with Crippen molar-refractivity contribution in [3.63, 3.8) is 0 Å². The Labute approximate surface area is 216 Å². The van der Waals surface area contributed by atoms with Gasteiger partial charge in [-0.25, -0.2) is 4.98 Å². The molecule has 0 bridgehead atoms. The van der Waals surface area contributed by atoms with Crippen molar-refractivity contribution in [1.29, 1.82) is 5.26 Å². The average molecular weight is 526 g/mol. The number of hydrogen-bond acceptors (Lipinski definition) is 7. The molecule has 35 heavy (non-hydrogen) atoms. The van der Waals surface area contributed by atoms with Crippen LogP contribution in [0.1, 0.15) is 59.9 Å². The van der Waals surface area contributed by atoms with Crippen molar-refractivity contribution in [3.8, 4) is 17.3 Å². The minimum atomic E-state index is -1.05. The van der Waals surface area contributed by atoms with E-state index in [1.807, 2.05) is 12.1 Å². The van der Waals surface area contributed by atoms with Crippen molar-refractivity contribution in [1.82, 2.24) is 10.1 Å². The molecule has 2 fully saturated rings. The van der Waals surface area contributed by atoms with E-state index in [0.717, 1.165) is 34.4 Å². The second kappa shape index (κ2) is 8.88. The maximum atomic E-state index is 11.4. The van der Waals surface area contributed by atoms with Gasteiger partial charge in [-0.2, -0.15) is 5.26 Å². The molecule has 2 aromatic carbocycles. The van der Waals surface area contributed by atoms with Crippen LogP contribution in [0.2, 0.25) is 10.0 Å². The summed E-state index contributed by atoms with van der Waals surface area (Å²) in [7, 11) is 0. The number of thiazole rings is 1. The molecule has 2 aliphatic rings. The molecular weight excluding hydrogens is 505 g/mol. The monoisotopic (exact) mass is 525 g/mol. The largest absolute Gasteiger partial charge is 0.383 e. The molecule has 0 spiro atoms. The van der Waals surface area contributed by atoms with Crippen LogP contribution in [0.4, 0.5) is 0 Å². The van der Waals surface area contributed by atoms with Gasteiger partial charge in [-0.15, -0.1) is 11.3 Å². The fraction of sp³-hybridized carbons (Fsp3) is 0.346. The lowest BCUT2D eigenvalue weighted by molar-refractivity contribution is -0.00108. The van der Waals surface area contributed by atoms with E-state index in [1.54, 1.807) is 24.3 Å². The average Bonchev–Trinajstić information content (AvgIpc) is 3.28. The molecule has 2 aliphatic carbocycles. The second-order valence-corrected chi connectivity index (χ2v) is 11.1. The van der Waals surface area contributed by atoms with Gasteiger partial charge in [0.15, 0.2) is 0 Å². The number of ether oxygens (including phenoxy) is 1. The summed E-state index contributed by atoms with van der Waals surface area (Å²) in [6, 6.07) is 12.9. The number of aliphatic hydroxyl groups is 1. The number of fused-ring (bicyclic) bond motifs is 1. The molecule has 2 saturated carbocycles. The lowest BCUT2D eigenvalue weighted by Gasteiger charge is -2.20. The van der Waals surface area contributed by atoms with E-state index < -0.39 is 5.60 Å². The zero-order valence-electron chi connectivity index (χ0n) is 18.6. The minimum absolute atomic E-state index is 0.141. The number of aromatic nitrogens is 2. The zero-order valence-corrected chi connectivity index (χ0v) is 21.0. The van der Waals surface area contributed by atoms with Gasteiger partial charge >= 0.3 is 0 Å². The van der Waals surface area contributed by atoms with E-state index in [1.165, 1.54) is 11.3 Å². The summed E-state index contributed by atoms with van der Waals surface area (Å²) in [5.74, 6) is 1.18. The Hall–Kier alpha value is -2.47. The first-order valence-electron chi connectivity index (χ1n) is 11.5. The molecule has 0 saturated heterocycles. The molecule has 2 unspecified atom stereocenters. The third-order valence-electron chi connectivity index (χ3n) is 6.79. The van der Waals surface area contributed by atoms with Gasteiger partial charge < -0.3 is 14.4 Å². The molecule has 6 rings (SSSR count). The van der Waals surface area contributed by atoms with E-state index in [0.29, 0.717) is 63.7 Å². The summed E-state index contributed by atoms with van der Waals surface area (Å²) in [4.78, 5) is 4.65. The normalized spacial score (nSPS) is 22.1. The fourth-order valence-corrected chi connectivity index (χ4v) is 6.47. The molecule has 0 amide bonds. The number of nitrogens with zero attached hydrogens (tertiary/aromatic N) is 3. The van der Waals surface area contributed by atoms with Crippen LogP contribution in [0.3, 0.4) is 0 Å². The Morgan fingerprint density at radius 1 is 1.20 bits per heavy atom. The van der Waals surface area contributed by atoms with Crippen molar-refractivity contribution in [2.45, 2.75) is 56.3 Å². The number of hydrogen-bond donors (Lipinski definition) is 1. The van der Waals surface area contributed by atoms with Gasteiger partial charge in [0.25, 0.3) is 0 Å². The summed E-state index contributed by atoms with van der Waals surface area (Å²) in [6.07, 6.45) is 3.70. The van der Waals surface area contributed by atoms with Gasteiger partial charge in [0, 0.05) is 23.5 Å². The maximum absolute atomic E-state index is 11.4. The Morgan fingerprint density at radius 3 is 2.74 bits per heavy atom. The number of rotatable bonds is 6. The van der Waals surface area contributed by atoms with Gasteiger partial charge in [0.2, 0.25) is 0 Å². The van der Waals surface area contributed by atoms with Crippen LogP contribution >= 0.6 is 34.5 Å². The van der Waals surface area contributed by atoms with Gasteiger partial charge in [0.1, 0.15) is 22.1 Å². The second-order valence-electron chi connectivity index (χ2n) is 9.27. The predicted octanol–water partition coefficient (Wildman–Crippen LogP) is 6.96. The van der Waals surface area contributed by atoms with E-state index in [4.69, 9.17) is 37.7 Å². The van der Waals surface area contributed by atoms with Gasteiger partial charge in [-0.05, 0) is 56.0 Å². The van der Waals surface area contributed by atoms with Crippen molar-refractivity contribution >= 4 is 44.8 Å². The lowest BCUT2D eigenvalue weighted by Crippen LogP contribution is -2.23. The standard InChI is InChI=1S/C26H21Cl2N3O3S/c27-18-2-1-3-19(28)22(18)23-17(24(34-31-23)15-5-6-15)13-33-16-8-9-26(32,11-16)25-30-20-7-4-14(12-29)10-21(20)35-25/h1-4,7,10,15-16,32H,5-6,8-9,11,13H2. The van der Waals surface area contributed by atoms with E-state index in [-0.39, 0.29) is 6.10 Å². The molecule has 6 nitrogen and oxygen atoms in total. The van der Waals surface area contributed by atoms with E-state index in [2.05, 4.69) is 16.2 Å². The van der Waals surface area contributed by atoms with Gasteiger partial charge in [-0.1, -0.05) is 34.4 Å². The van der Waals surface area contributed by atoms with Crippen LogP contribution in [-0.4, -0.2) is 21.4 Å². The quantitative estimate of drug-likeness (QED) is 0.292. The third-order valence-corrected chi connectivity index (χ3v) is 8.63. The predicted molar refractivity (Wildman–Crippen MR) is 135 cm³/mol. The molecule has 4 aromatic rings. The number of benzene rings is 2. The smallest absolute Gasteiger partial charge is 0.145 e. The summed E-state index contributed by atoms with van der Waals surface area (Å²) < 4.78 is 13.0. The van der Waals surface area contributed by atoms with Crippen LogP contribution in [0.25, 0.3) is 21.5 Å². The van der Waals surface area contributed by atoms with Crippen molar-refractivity contribution in [3.05, 3.63) is 68.3 Å². The number of nitriles is 1. The minimum Gasteiger partial charge on any atom is -0.383 e. The molecule has 9 heteroatoms. The Balaban J connectivity index is 1.23. The Morgan fingerprint density at radius 2 is 2.00 bits per heavy atom.